The maximum absolute atomic E-state index is 12.8. The normalized spacial score (nSPS) is 19.0. The molecule has 0 radical (unpaired) electrons. The first kappa shape index (κ1) is 18.0. The molecule has 0 bridgehead atoms. The van der Waals surface area contributed by atoms with Crippen LogP contribution in [0.3, 0.4) is 0 Å². The van der Waals surface area contributed by atoms with E-state index in [-0.39, 0.29) is 21.1 Å². The van der Waals surface area contributed by atoms with Crippen LogP contribution in [0.2, 0.25) is 5.32 Å². The molecule has 0 N–H and O–H groups in total. The van der Waals surface area contributed by atoms with Gasteiger partial charge in [-0.25, -0.2) is 0 Å². The number of ketones is 2. The van der Waals surface area contributed by atoms with Crippen molar-refractivity contribution in [3.8, 4) is 0 Å². The zero-order valence-corrected chi connectivity index (χ0v) is 15.6. The average molecular weight is 437 g/mol. The number of alkyl halides is 3. The number of rotatable bonds is 3. The van der Waals surface area contributed by atoms with Crippen molar-refractivity contribution in [2.45, 2.75) is 24.0 Å². The summed E-state index contributed by atoms with van der Waals surface area (Å²) in [6.45, 7) is 0. The van der Waals surface area contributed by atoms with E-state index in [1.165, 1.54) is 6.07 Å². The van der Waals surface area contributed by atoms with Crippen molar-refractivity contribution in [2.24, 2.45) is 0 Å². The van der Waals surface area contributed by atoms with Crippen LogP contribution >= 0.6 is 0 Å². The van der Waals surface area contributed by atoms with E-state index in [9.17, 15) is 22.8 Å². The van der Waals surface area contributed by atoms with Crippen LogP contribution < -0.4 is 4.46 Å². The summed E-state index contributed by atoms with van der Waals surface area (Å²) in [6.07, 6.45) is -4.37. The van der Waals surface area contributed by atoms with Gasteiger partial charge < -0.3 is 0 Å². The molecule has 27 heavy (non-hydrogen) atoms. The van der Waals surface area contributed by atoms with E-state index in [4.69, 9.17) is 4.74 Å². The van der Waals surface area contributed by atoms with Gasteiger partial charge in [0.2, 0.25) is 0 Å². The van der Waals surface area contributed by atoms with Crippen molar-refractivity contribution in [3.63, 3.8) is 0 Å². The van der Waals surface area contributed by atoms with E-state index in [1.807, 2.05) is 0 Å². The Morgan fingerprint density at radius 1 is 1.00 bits per heavy atom. The molecular weight excluding hydrogens is 424 g/mol. The van der Waals surface area contributed by atoms with E-state index in [0.29, 0.717) is 38.7 Å². The minimum absolute atomic E-state index is 0.243. The van der Waals surface area contributed by atoms with Crippen molar-refractivity contribution >= 4 is 36.7 Å². The molecule has 2 aromatic carbocycles. The van der Waals surface area contributed by atoms with E-state index in [1.54, 1.807) is 30.3 Å². The van der Waals surface area contributed by atoms with Crippen LogP contribution in [0.15, 0.2) is 54.1 Å². The number of benzene rings is 2. The van der Waals surface area contributed by atoms with Gasteiger partial charge in [0.05, 0.1) is 0 Å². The van der Waals surface area contributed by atoms with Gasteiger partial charge in [0.1, 0.15) is 0 Å². The van der Waals surface area contributed by atoms with Gasteiger partial charge in [0, 0.05) is 0 Å². The van der Waals surface area contributed by atoms with Crippen LogP contribution in [0.1, 0.15) is 27.9 Å². The Morgan fingerprint density at radius 3 is 2.48 bits per heavy atom. The molecule has 1 atom stereocenters. The van der Waals surface area contributed by atoms with Crippen molar-refractivity contribution < 1.29 is 27.5 Å². The summed E-state index contributed by atoms with van der Waals surface area (Å²) in [5.41, 5.74) is 0.668. The van der Waals surface area contributed by atoms with Gasteiger partial charge in [-0.15, -0.1) is 0 Å². The minimum atomic E-state index is -4.37. The molecule has 0 amide bonds. The van der Waals surface area contributed by atoms with Crippen LogP contribution in [0, 0.1) is 0 Å². The molecule has 0 saturated carbocycles. The second-order valence-electron chi connectivity index (χ2n) is 6.29. The Morgan fingerprint density at radius 2 is 1.74 bits per heavy atom. The first-order chi connectivity index (χ1) is 12.8. The number of halogens is 3. The average Bonchev–Trinajstić information content (AvgIpc) is 3.09. The number of ether oxygens (including phenoxy) is 1. The number of hydrogen-bond acceptors (Lipinski definition) is 3. The zero-order chi connectivity index (χ0) is 19.2. The molecule has 0 aromatic heterocycles. The Kier molecular flexibility index (Phi) is 4.44. The van der Waals surface area contributed by atoms with Crippen molar-refractivity contribution in [1.82, 2.24) is 0 Å². The molecule has 2 aromatic rings. The predicted octanol–water partition coefficient (Wildman–Crippen LogP) is 3.42. The Labute approximate surface area is 159 Å². The van der Waals surface area contributed by atoms with E-state index in [0.717, 1.165) is 12.1 Å². The molecule has 3 nitrogen and oxygen atoms in total. The number of carbonyl (C=O) groups is 2. The number of hydrogen-bond donors (Lipinski definition) is 0. The molecule has 2 aliphatic rings. The first-order valence-corrected chi connectivity index (χ1v) is 10.3. The van der Waals surface area contributed by atoms with Crippen LogP contribution in [-0.2, 0) is 15.7 Å². The van der Waals surface area contributed by atoms with E-state index < -0.39 is 23.3 Å². The van der Waals surface area contributed by atoms with Gasteiger partial charge in [-0.3, -0.25) is 0 Å². The molecule has 7 heteroatoms. The monoisotopic (exact) mass is 438 g/mol. The van der Waals surface area contributed by atoms with Gasteiger partial charge in [-0.05, 0) is 0 Å². The molecular formula is C20H13F3O3Se. The van der Waals surface area contributed by atoms with Crippen molar-refractivity contribution in [1.29, 1.82) is 0 Å². The summed E-state index contributed by atoms with van der Waals surface area (Å²) in [5.74, 6) is -0.630. The van der Waals surface area contributed by atoms with Crippen LogP contribution in [0.4, 0.5) is 13.2 Å². The number of carbonyl (C=O) groups excluding carboxylic acids is 2. The summed E-state index contributed by atoms with van der Waals surface area (Å²) < 4.78 is 45.1. The first-order valence-electron chi connectivity index (χ1n) is 8.23. The fourth-order valence-corrected chi connectivity index (χ4v) is 5.20. The van der Waals surface area contributed by atoms with Gasteiger partial charge in [-0.1, -0.05) is 0 Å². The van der Waals surface area contributed by atoms with Gasteiger partial charge in [-0.2, -0.15) is 0 Å². The van der Waals surface area contributed by atoms with E-state index in [2.05, 4.69) is 0 Å². The van der Waals surface area contributed by atoms with Gasteiger partial charge in [0.25, 0.3) is 0 Å². The molecule has 1 aliphatic heterocycles. The quantitative estimate of drug-likeness (QED) is 0.546. The molecule has 0 fully saturated rings. The van der Waals surface area contributed by atoms with Crippen molar-refractivity contribution in [3.05, 3.63) is 70.8 Å². The number of fused-ring (bicyclic) bond motifs is 2. The predicted molar refractivity (Wildman–Crippen MR) is 93.8 cm³/mol. The third kappa shape index (κ3) is 3.33. The summed E-state index contributed by atoms with van der Waals surface area (Å²) in [5, 5.41) is 0.519. The number of Topliss-reactive ketones (excluding diaryl/α,β-unsaturated/α-hetero) is 2. The van der Waals surface area contributed by atoms with Crippen LogP contribution in [0.25, 0.3) is 5.76 Å². The Balaban J connectivity index is 1.49. The van der Waals surface area contributed by atoms with Gasteiger partial charge >= 0.3 is 159 Å². The molecule has 1 unspecified atom stereocenters. The fourth-order valence-electron chi connectivity index (χ4n) is 3.20. The standard InChI is InChI=1S/C20H13F3O3Se/c21-20(22,23)11-4-3-5-13(8-11)27-10-12-9-16-18(25)17(24)14-6-1-2-7-15(14)19(16)26-12/h1-8,12H,9-10H2. The summed E-state index contributed by atoms with van der Waals surface area (Å²) in [6, 6.07) is 12.1. The molecule has 1 aliphatic carbocycles. The molecule has 1 heterocycles. The summed E-state index contributed by atoms with van der Waals surface area (Å²) in [7, 11) is 0. The second kappa shape index (κ2) is 6.66. The summed E-state index contributed by atoms with van der Waals surface area (Å²) in [4.78, 5) is 24.6. The Hall–Kier alpha value is -2.37. The summed E-state index contributed by atoms with van der Waals surface area (Å²) >= 11 is -0.243. The third-order valence-electron chi connectivity index (χ3n) is 4.48. The molecule has 4 rings (SSSR count). The van der Waals surface area contributed by atoms with Crippen molar-refractivity contribution in [2.75, 3.05) is 0 Å². The Bertz CT molecular complexity index is 978. The fraction of sp³-hybridized carbons (Fsp3) is 0.200. The maximum atomic E-state index is 12.8. The van der Waals surface area contributed by atoms with Gasteiger partial charge in [0.15, 0.2) is 0 Å². The van der Waals surface area contributed by atoms with Crippen LogP contribution in [0.5, 0.6) is 0 Å². The molecule has 0 spiro atoms. The third-order valence-corrected chi connectivity index (χ3v) is 6.85. The second-order valence-corrected chi connectivity index (χ2v) is 8.59. The van der Waals surface area contributed by atoms with E-state index >= 15 is 0 Å². The zero-order valence-electron chi connectivity index (χ0n) is 13.9. The molecule has 0 saturated heterocycles. The van der Waals surface area contributed by atoms with Crippen LogP contribution in [-0.4, -0.2) is 32.6 Å². The topological polar surface area (TPSA) is 43.4 Å². The SMILES string of the molecule is O=C1C(=O)c2ccccc2C2=C1CC(C[Se]c1cccc(C(F)(F)F)c1)O2. The molecule has 138 valence electrons.